The van der Waals surface area contributed by atoms with Crippen molar-refractivity contribution in [2.45, 2.75) is 26.3 Å². The van der Waals surface area contributed by atoms with Gasteiger partial charge in [0.1, 0.15) is 5.75 Å². The molecule has 1 aromatic rings. The number of halogens is 1. The molecule has 0 saturated carbocycles. The van der Waals surface area contributed by atoms with Crippen molar-refractivity contribution in [1.82, 2.24) is 4.90 Å². The fourth-order valence-electron chi connectivity index (χ4n) is 1.59. The summed E-state index contributed by atoms with van der Waals surface area (Å²) in [6.07, 6.45) is 1.70. The van der Waals surface area contributed by atoms with Gasteiger partial charge in [-0.25, -0.2) is 0 Å². The smallest absolute Gasteiger partial charge is 0.254 e. The first-order valence-electron chi connectivity index (χ1n) is 5.68. The molecule has 1 rings (SSSR count). The van der Waals surface area contributed by atoms with Crippen molar-refractivity contribution in [3.8, 4) is 5.75 Å². The molecular formula is C14H18INO2. The van der Waals surface area contributed by atoms with Crippen LogP contribution in [-0.2, 0) is 0 Å². The Hall–Kier alpha value is -1.04. The number of nitrogens with zero attached hydrogens (tertiary/aromatic N) is 1. The molecule has 0 aromatic heterocycles. The van der Waals surface area contributed by atoms with E-state index < -0.39 is 0 Å². The van der Waals surface area contributed by atoms with E-state index in [0.717, 1.165) is 3.57 Å². The third-order valence-electron chi connectivity index (χ3n) is 2.56. The van der Waals surface area contributed by atoms with E-state index in [1.165, 1.54) is 6.07 Å². The third kappa shape index (κ3) is 3.48. The summed E-state index contributed by atoms with van der Waals surface area (Å²) in [5.41, 5.74) is 0.203. The number of aromatic hydroxyl groups is 1. The molecule has 3 nitrogen and oxygen atoms in total. The molecule has 0 aliphatic carbocycles. The van der Waals surface area contributed by atoms with Gasteiger partial charge in [0.2, 0.25) is 0 Å². The SMILES string of the molecule is C=CCN(C(=O)c1ccc(I)c(O)c1)C(C)(C)C. The van der Waals surface area contributed by atoms with Crippen LogP contribution in [0.25, 0.3) is 0 Å². The standard InChI is InChI=1S/C14H18INO2/c1-5-8-16(14(2,3)4)13(18)10-6-7-11(15)12(17)9-10/h5-7,9,17H,1,8H2,2-4H3. The fourth-order valence-corrected chi connectivity index (χ4v) is 1.93. The molecule has 0 aliphatic heterocycles. The molecule has 18 heavy (non-hydrogen) atoms. The summed E-state index contributed by atoms with van der Waals surface area (Å²) >= 11 is 2.02. The second kappa shape index (κ2) is 5.73. The number of carbonyl (C=O) groups is 1. The van der Waals surface area contributed by atoms with Crippen LogP contribution in [-0.4, -0.2) is 28.0 Å². The van der Waals surface area contributed by atoms with Crippen LogP contribution in [0.2, 0.25) is 0 Å². The number of amides is 1. The number of benzene rings is 1. The van der Waals surface area contributed by atoms with Gasteiger partial charge in [0, 0.05) is 17.6 Å². The van der Waals surface area contributed by atoms with Crippen LogP contribution in [0.1, 0.15) is 31.1 Å². The number of phenols is 1. The van der Waals surface area contributed by atoms with E-state index in [9.17, 15) is 9.90 Å². The summed E-state index contributed by atoms with van der Waals surface area (Å²) in [4.78, 5) is 14.1. The lowest BCUT2D eigenvalue weighted by atomic mass is 10.0. The quantitative estimate of drug-likeness (QED) is 0.664. The summed E-state index contributed by atoms with van der Waals surface area (Å²) < 4.78 is 0.732. The summed E-state index contributed by atoms with van der Waals surface area (Å²) in [5, 5.41) is 9.67. The van der Waals surface area contributed by atoms with Crippen molar-refractivity contribution in [3.63, 3.8) is 0 Å². The average Bonchev–Trinajstić information content (AvgIpc) is 2.27. The summed E-state index contributed by atoms with van der Waals surface area (Å²) in [6, 6.07) is 4.97. The molecule has 1 N–H and O–H groups in total. The Balaban J connectivity index is 3.09. The predicted octanol–water partition coefficient (Wildman–Crippen LogP) is 3.42. The molecule has 0 spiro atoms. The Morgan fingerprint density at radius 2 is 2.11 bits per heavy atom. The van der Waals surface area contributed by atoms with Crippen molar-refractivity contribution < 1.29 is 9.90 Å². The van der Waals surface area contributed by atoms with Crippen LogP contribution >= 0.6 is 22.6 Å². The van der Waals surface area contributed by atoms with Crippen molar-refractivity contribution in [2.75, 3.05) is 6.54 Å². The van der Waals surface area contributed by atoms with Crippen LogP contribution in [0.3, 0.4) is 0 Å². The Morgan fingerprint density at radius 1 is 1.50 bits per heavy atom. The topological polar surface area (TPSA) is 40.5 Å². The van der Waals surface area contributed by atoms with Gasteiger partial charge in [-0.3, -0.25) is 4.79 Å². The molecule has 0 radical (unpaired) electrons. The maximum atomic E-state index is 12.4. The molecule has 0 saturated heterocycles. The minimum absolute atomic E-state index is 0.103. The zero-order valence-corrected chi connectivity index (χ0v) is 13.1. The van der Waals surface area contributed by atoms with Gasteiger partial charge in [0.15, 0.2) is 0 Å². The van der Waals surface area contributed by atoms with E-state index in [1.807, 2.05) is 43.4 Å². The van der Waals surface area contributed by atoms with Gasteiger partial charge in [-0.05, 0) is 61.6 Å². The average molecular weight is 359 g/mol. The highest BCUT2D eigenvalue weighted by Crippen LogP contribution is 2.23. The van der Waals surface area contributed by atoms with E-state index in [2.05, 4.69) is 6.58 Å². The molecule has 0 fully saturated rings. The van der Waals surface area contributed by atoms with E-state index >= 15 is 0 Å². The van der Waals surface area contributed by atoms with E-state index in [0.29, 0.717) is 12.1 Å². The van der Waals surface area contributed by atoms with Crippen molar-refractivity contribution in [2.24, 2.45) is 0 Å². The second-order valence-electron chi connectivity index (χ2n) is 5.04. The van der Waals surface area contributed by atoms with Crippen molar-refractivity contribution in [1.29, 1.82) is 0 Å². The minimum Gasteiger partial charge on any atom is -0.507 e. The number of hydrogen-bond acceptors (Lipinski definition) is 2. The van der Waals surface area contributed by atoms with E-state index in [4.69, 9.17) is 0 Å². The van der Waals surface area contributed by atoms with Gasteiger partial charge >= 0.3 is 0 Å². The zero-order valence-electron chi connectivity index (χ0n) is 10.9. The summed E-state index contributed by atoms with van der Waals surface area (Å²) in [6.45, 7) is 10.1. The first kappa shape index (κ1) is 15.0. The molecule has 0 unspecified atom stereocenters. The third-order valence-corrected chi connectivity index (χ3v) is 3.47. The molecular weight excluding hydrogens is 341 g/mol. The number of carbonyl (C=O) groups excluding carboxylic acids is 1. The van der Waals surface area contributed by atoms with E-state index in [-0.39, 0.29) is 17.2 Å². The summed E-state index contributed by atoms with van der Waals surface area (Å²) in [7, 11) is 0. The molecule has 98 valence electrons. The van der Waals surface area contributed by atoms with Crippen LogP contribution in [0, 0.1) is 3.57 Å². The first-order valence-corrected chi connectivity index (χ1v) is 6.76. The Bertz CT molecular complexity index is 463. The molecule has 0 atom stereocenters. The number of rotatable bonds is 3. The van der Waals surface area contributed by atoms with Crippen LogP contribution in [0.5, 0.6) is 5.75 Å². The molecule has 0 bridgehead atoms. The van der Waals surface area contributed by atoms with Gasteiger partial charge < -0.3 is 10.0 Å². The van der Waals surface area contributed by atoms with Crippen LogP contribution in [0.4, 0.5) is 0 Å². The lowest BCUT2D eigenvalue weighted by Gasteiger charge is -2.35. The van der Waals surface area contributed by atoms with E-state index in [1.54, 1.807) is 23.1 Å². The second-order valence-corrected chi connectivity index (χ2v) is 6.20. The van der Waals surface area contributed by atoms with Gasteiger partial charge in [-0.1, -0.05) is 6.08 Å². The van der Waals surface area contributed by atoms with Gasteiger partial charge in [0.05, 0.1) is 3.57 Å². The predicted molar refractivity (Wildman–Crippen MR) is 81.8 cm³/mol. The highest BCUT2D eigenvalue weighted by atomic mass is 127. The Kier molecular flexibility index (Phi) is 4.78. The lowest BCUT2D eigenvalue weighted by Crippen LogP contribution is -2.45. The molecule has 0 aliphatic rings. The van der Waals surface area contributed by atoms with Gasteiger partial charge in [-0.2, -0.15) is 0 Å². The van der Waals surface area contributed by atoms with Crippen LogP contribution in [0.15, 0.2) is 30.9 Å². The number of phenolic OH excluding ortho intramolecular Hbond substituents is 1. The van der Waals surface area contributed by atoms with Gasteiger partial charge in [0.25, 0.3) is 5.91 Å². The van der Waals surface area contributed by atoms with Crippen molar-refractivity contribution in [3.05, 3.63) is 40.0 Å². The maximum absolute atomic E-state index is 12.4. The molecule has 0 heterocycles. The van der Waals surface area contributed by atoms with Crippen molar-refractivity contribution >= 4 is 28.5 Å². The highest BCUT2D eigenvalue weighted by molar-refractivity contribution is 14.1. The monoisotopic (exact) mass is 359 g/mol. The van der Waals surface area contributed by atoms with Crippen LogP contribution < -0.4 is 0 Å². The minimum atomic E-state index is -0.288. The fraction of sp³-hybridized carbons (Fsp3) is 0.357. The normalized spacial score (nSPS) is 11.1. The Labute approximate surface area is 122 Å². The summed E-state index contributed by atoms with van der Waals surface area (Å²) in [5.74, 6) is 0.0306. The largest absolute Gasteiger partial charge is 0.507 e. The molecule has 4 heteroatoms. The molecule has 1 aromatic carbocycles. The lowest BCUT2D eigenvalue weighted by molar-refractivity contribution is 0.0616. The molecule has 1 amide bonds. The first-order chi connectivity index (χ1) is 8.27. The number of hydrogen-bond donors (Lipinski definition) is 1. The highest BCUT2D eigenvalue weighted by Gasteiger charge is 2.26. The van der Waals surface area contributed by atoms with Gasteiger partial charge in [-0.15, -0.1) is 6.58 Å². The zero-order chi connectivity index (χ0) is 13.9. The maximum Gasteiger partial charge on any atom is 0.254 e. The Morgan fingerprint density at radius 3 is 2.56 bits per heavy atom.